The summed E-state index contributed by atoms with van der Waals surface area (Å²) < 4.78 is 12.5. The third-order valence-electron chi connectivity index (χ3n) is 4.90. The van der Waals surface area contributed by atoms with Crippen LogP contribution in [-0.4, -0.2) is 56.0 Å². The number of anilines is 1. The number of carbonyl (C=O) groups is 1. The molecule has 1 fully saturated rings. The Bertz CT molecular complexity index is 1270. The third kappa shape index (κ3) is 5.01. The van der Waals surface area contributed by atoms with E-state index < -0.39 is 0 Å². The van der Waals surface area contributed by atoms with Crippen molar-refractivity contribution < 1.29 is 19.1 Å². The Kier molecular flexibility index (Phi) is 7.23. The Labute approximate surface area is 199 Å². The molecule has 1 aliphatic heterocycles. The molecule has 3 aromatic heterocycles. The first-order chi connectivity index (χ1) is 16.0. The summed E-state index contributed by atoms with van der Waals surface area (Å²) >= 11 is 6.52. The second kappa shape index (κ2) is 10.3. The van der Waals surface area contributed by atoms with Gasteiger partial charge in [0.2, 0.25) is 0 Å². The lowest BCUT2D eigenvalue weighted by atomic mass is 10.2. The number of amides is 1. The molecule has 0 bridgehead atoms. The van der Waals surface area contributed by atoms with Gasteiger partial charge in [-0.15, -0.1) is 0 Å². The van der Waals surface area contributed by atoms with Crippen LogP contribution >= 0.6 is 24.0 Å². The number of thioether (sulfide) groups is 1. The fraction of sp³-hybridized carbons (Fsp3) is 0.273. The van der Waals surface area contributed by atoms with Gasteiger partial charge in [-0.3, -0.25) is 18.9 Å². The van der Waals surface area contributed by atoms with Crippen molar-refractivity contribution in [3.8, 4) is 0 Å². The second-order valence-corrected chi connectivity index (χ2v) is 8.85. The number of hydrogen-bond acceptors (Lipinski definition) is 9. The molecule has 0 atom stereocenters. The lowest BCUT2D eigenvalue weighted by molar-refractivity contribution is -0.122. The Morgan fingerprint density at radius 1 is 1.30 bits per heavy atom. The molecule has 172 valence electrons. The largest absolute Gasteiger partial charge is 0.467 e. The summed E-state index contributed by atoms with van der Waals surface area (Å²) in [7, 11) is 0. The summed E-state index contributed by atoms with van der Waals surface area (Å²) in [5.41, 5.74) is 1.30. The van der Waals surface area contributed by atoms with E-state index in [0.29, 0.717) is 39.6 Å². The maximum atomic E-state index is 13.3. The van der Waals surface area contributed by atoms with E-state index in [9.17, 15) is 9.59 Å². The topological polar surface area (TPSA) is 109 Å². The number of aryl methyl sites for hydroxylation is 1. The van der Waals surface area contributed by atoms with Crippen molar-refractivity contribution in [2.75, 3.05) is 31.7 Å². The van der Waals surface area contributed by atoms with Crippen molar-refractivity contribution in [3.63, 3.8) is 0 Å². The number of hydrogen-bond donors (Lipinski definition) is 2. The second-order valence-electron chi connectivity index (χ2n) is 7.17. The molecule has 0 unspecified atom stereocenters. The van der Waals surface area contributed by atoms with E-state index in [1.807, 2.05) is 13.0 Å². The first-order valence-corrected chi connectivity index (χ1v) is 11.4. The molecule has 1 amide bonds. The minimum Gasteiger partial charge on any atom is -0.467 e. The molecule has 0 saturated carbocycles. The van der Waals surface area contributed by atoms with Crippen LogP contribution < -0.4 is 10.9 Å². The van der Waals surface area contributed by atoms with E-state index in [4.69, 9.17) is 26.5 Å². The molecule has 0 spiro atoms. The van der Waals surface area contributed by atoms with Gasteiger partial charge < -0.3 is 19.6 Å². The number of rotatable bonds is 9. The van der Waals surface area contributed by atoms with Crippen molar-refractivity contribution in [2.24, 2.45) is 0 Å². The fourth-order valence-corrected chi connectivity index (χ4v) is 4.55. The Morgan fingerprint density at radius 3 is 2.91 bits per heavy atom. The summed E-state index contributed by atoms with van der Waals surface area (Å²) in [5.74, 6) is 0.659. The Balaban J connectivity index is 1.69. The third-order valence-corrected chi connectivity index (χ3v) is 6.28. The van der Waals surface area contributed by atoms with Crippen LogP contribution in [0.1, 0.15) is 16.9 Å². The lowest BCUT2D eigenvalue weighted by Crippen LogP contribution is -2.27. The van der Waals surface area contributed by atoms with Gasteiger partial charge in [0.15, 0.2) is 0 Å². The zero-order chi connectivity index (χ0) is 23.4. The smallest absolute Gasteiger partial charge is 0.267 e. The lowest BCUT2D eigenvalue weighted by Gasteiger charge is -2.13. The number of fused-ring (bicyclic) bond motifs is 1. The van der Waals surface area contributed by atoms with Crippen molar-refractivity contribution in [1.29, 1.82) is 0 Å². The highest BCUT2D eigenvalue weighted by Crippen LogP contribution is 2.34. The summed E-state index contributed by atoms with van der Waals surface area (Å²) in [4.78, 5) is 32.8. The first kappa shape index (κ1) is 23.2. The van der Waals surface area contributed by atoms with Gasteiger partial charge in [-0.25, -0.2) is 4.98 Å². The fourth-order valence-electron chi connectivity index (χ4n) is 3.31. The van der Waals surface area contributed by atoms with Crippen molar-refractivity contribution in [1.82, 2.24) is 14.3 Å². The van der Waals surface area contributed by atoms with Crippen LogP contribution in [0.2, 0.25) is 0 Å². The van der Waals surface area contributed by atoms with Crippen molar-refractivity contribution in [3.05, 3.63) is 68.9 Å². The number of aromatic nitrogens is 2. The number of nitrogens with one attached hydrogen (secondary N) is 1. The number of carbonyl (C=O) groups excluding carboxylic acids is 1. The number of nitrogens with zero attached hydrogens (tertiary/aromatic N) is 3. The van der Waals surface area contributed by atoms with Crippen LogP contribution in [-0.2, 0) is 16.1 Å². The van der Waals surface area contributed by atoms with Crippen LogP contribution in [0.4, 0.5) is 5.82 Å². The number of ether oxygens (including phenoxy) is 1. The molecule has 2 N–H and O–H groups in total. The van der Waals surface area contributed by atoms with Gasteiger partial charge in [0.25, 0.3) is 11.5 Å². The van der Waals surface area contributed by atoms with Gasteiger partial charge >= 0.3 is 0 Å². The minimum absolute atomic E-state index is 0.0696. The molecule has 3 aromatic rings. The molecular weight excluding hydrogens is 464 g/mol. The normalized spacial score (nSPS) is 15.2. The number of aliphatic hydroxyl groups excluding tert-OH is 1. The maximum Gasteiger partial charge on any atom is 0.267 e. The molecule has 0 aromatic carbocycles. The Hall–Kier alpha value is -2.99. The van der Waals surface area contributed by atoms with Crippen LogP contribution in [0.3, 0.4) is 0 Å². The quantitative estimate of drug-likeness (QED) is 0.268. The molecular formula is C22H22N4O5S2. The van der Waals surface area contributed by atoms with E-state index >= 15 is 0 Å². The molecule has 4 heterocycles. The van der Waals surface area contributed by atoms with Crippen molar-refractivity contribution >= 4 is 51.7 Å². The number of pyridine rings is 1. The molecule has 0 aliphatic carbocycles. The first-order valence-electron chi connectivity index (χ1n) is 10.2. The SMILES string of the molecule is Cc1cccn2c(=O)c(/C=C3/SC(=S)N(Cc4ccco4)C3=O)c(NCCOCCO)nc12. The molecule has 11 heteroatoms. The minimum atomic E-state index is -0.307. The van der Waals surface area contributed by atoms with Gasteiger partial charge in [0, 0.05) is 12.7 Å². The van der Waals surface area contributed by atoms with E-state index in [0.717, 1.165) is 17.3 Å². The van der Waals surface area contributed by atoms with Crippen molar-refractivity contribution in [2.45, 2.75) is 13.5 Å². The maximum absolute atomic E-state index is 13.3. The summed E-state index contributed by atoms with van der Waals surface area (Å²) in [6.07, 6.45) is 4.71. The van der Waals surface area contributed by atoms with E-state index in [1.165, 1.54) is 21.6 Å². The van der Waals surface area contributed by atoms with Crippen LogP contribution in [0.15, 0.2) is 50.8 Å². The molecule has 0 radical (unpaired) electrons. The number of thiocarbonyl (C=S) groups is 1. The van der Waals surface area contributed by atoms with Crippen LogP contribution in [0, 0.1) is 6.92 Å². The average Bonchev–Trinajstić information content (AvgIpc) is 3.40. The van der Waals surface area contributed by atoms with Crippen LogP contribution in [0.5, 0.6) is 0 Å². The van der Waals surface area contributed by atoms with Gasteiger partial charge in [-0.1, -0.05) is 30.0 Å². The standard InChI is InChI=1S/C22H22N4O5S2/c1-14-4-2-7-25-19(14)24-18(23-6-10-30-11-8-27)16(20(25)28)12-17-21(29)26(22(32)33-17)13-15-5-3-9-31-15/h2-5,7,9,12,23,27H,6,8,10-11,13H2,1H3/b17-12+. The van der Waals surface area contributed by atoms with Gasteiger partial charge in [-0.2, -0.15) is 0 Å². The molecule has 1 aliphatic rings. The zero-order valence-corrected chi connectivity index (χ0v) is 19.4. The highest BCUT2D eigenvalue weighted by atomic mass is 32.2. The van der Waals surface area contributed by atoms with Gasteiger partial charge in [0.05, 0.1) is 43.1 Å². The average molecular weight is 487 g/mol. The zero-order valence-electron chi connectivity index (χ0n) is 17.8. The highest BCUT2D eigenvalue weighted by molar-refractivity contribution is 8.26. The van der Waals surface area contributed by atoms with E-state index in [2.05, 4.69) is 10.3 Å². The highest BCUT2D eigenvalue weighted by Gasteiger charge is 2.33. The number of aliphatic hydroxyl groups is 1. The predicted octanol–water partition coefficient (Wildman–Crippen LogP) is 2.42. The van der Waals surface area contributed by atoms with Crippen LogP contribution in [0.25, 0.3) is 11.7 Å². The van der Waals surface area contributed by atoms with E-state index in [-0.39, 0.29) is 36.8 Å². The summed E-state index contributed by atoms with van der Waals surface area (Å²) in [5, 5.41) is 12.0. The molecule has 9 nitrogen and oxygen atoms in total. The summed E-state index contributed by atoms with van der Waals surface area (Å²) in [6.45, 7) is 2.93. The van der Waals surface area contributed by atoms with Gasteiger partial charge in [-0.05, 0) is 36.8 Å². The van der Waals surface area contributed by atoms with Gasteiger partial charge in [0.1, 0.15) is 21.5 Å². The molecule has 33 heavy (non-hydrogen) atoms. The van der Waals surface area contributed by atoms with E-state index in [1.54, 1.807) is 24.4 Å². The monoisotopic (exact) mass is 486 g/mol. The molecule has 4 rings (SSSR count). The Morgan fingerprint density at radius 2 is 2.15 bits per heavy atom. The number of furan rings is 1. The molecule has 1 saturated heterocycles. The predicted molar refractivity (Wildman–Crippen MR) is 130 cm³/mol. The summed E-state index contributed by atoms with van der Waals surface area (Å²) in [6, 6.07) is 7.16.